The van der Waals surface area contributed by atoms with Gasteiger partial charge in [0.2, 0.25) is 5.95 Å². The van der Waals surface area contributed by atoms with E-state index >= 15 is 0 Å². The topological polar surface area (TPSA) is 76.1 Å². The van der Waals surface area contributed by atoms with E-state index in [1.807, 2.05) is 32.0 Å². The predicted molar refractivity (Wildman–Crippen MR) is 107 cm³/mol. The van der Waals surface area contributed by atoms with E-state index in [2.05, 4.69) is 20.6 Å². The van der Waals surface area contributed by atoms with Crippen LogP contribution in [0.4, 0.5) is 23.1 Å². The number of carbonyl (C=O) groups is 1. The largest absolute Gasteiger partial charge is 0.465 e. The molecule has 138 valence electrons. The summed E-state index contributed by atoms with van der Waals surface area (Å²) in [5, 5.41) is 6.81. The molecule has 6 nitrogen and oxygen atoms in total. The standard InChI is InChI=1S/C20H19ClN4O2/c1-12-5-4-6-13(2)18(12)24-17-9-10-22-20(25-17)23-16-11-14(19(26)27-3)7-8-15(16)21/h4-11H,1-3H3,(H2,22,23,24,25). The zero-order chi connectivity index (χ0) is 19.4. The van der Waals surface area contributed by atoms with E-state index in [0.29, 0.717) is 28.0 Å². The molecule has 0 aliphatic heterocycles. The Bertz CT molecular complexity index is 971. The smallest absolute Gasteiger partial charge is 0.337 e. The van der Waals surface area contributed by atoms with E-state index in [-0.39, 0.29) is 0 Å². The number of carbonyl (C=O) groups excluding carboxylic acids is 1. The molecule has 0 fully saturated rings. The summed E-state index contributed by atoms with van der Waals surface area (Å²) in [4.78, 5) is 20.4. The highest BCUT2D eigenvalue weighted by Crippen LogP contribution is 2.27. The van der Waals surface area contributed by atoms with E-state index in [1.54, 1.807) is 30.5 Å². The summed E-state index contributed by atoms with van der Waals surface area (Å²) in [7, 11) is 1.33. The van der Waals surface area contributed by atoms with Gasteiger partial charge < -0.3 is 15.4 Å². The van der Waals surface area contributed by atoms with Gasteiger partial charge in [0.1, 0.15) is 5.82 Å². The second-order valence-corrected chi connectivity index (χ2v) is 6.38. The highest BCUT2D eigenvalue weighted by atomic mass is 35.5. The minimum Gasteiger partial charge on any atom is -0.465 e. The Morgan fingerprint density at radius 2 is 1.81 bits per heavy atom. The van der Waals surface area contributed by atoms with Crippen molar-refractivity contribution in [2.45, 2.75) is 13.8 Å². The minimum absolute atomic E-state index is 0.357. The Balaban J connectivity index is 1.85. The molecule has 3 aromatic rings. The maximum atomic E-state index is 11.7. The molecule has 1 aromatic heterocycles. The van der Waals surface area contributed by atoms with Crippen LogP contribution in [0.5, 0.6) is 0 Å². The van der Waals surface area contributed by atoms with Crippen LogP contribution < -0.4 is 10.6 Å². The van der Waals surface area contributed by atoms with Crippen molar-refractivity contribution >= 4 is 40.7 Å². The molecule has 0 saturated carbocycles. The molecule has 0 radical (unpaired) electrons. The second kappa shape index (κ2) is 8.05. The van der Waals surface area contributed by atoms with E-state index < -0.39 is 5.97 Å². The number of aromatic nitrogens is 2. The van der Waals surface area contributed by atoms with E-state index in [9.17, 15) is 4.79 Å². The quantitative estimate of drug-likeness (QED) is 0.603. The maximum Gasteiger partial charge on any atom is 0.337 e. The number of esters is 1. The maximum absolute atomic E-state index is 11.7. The molecule has 2 aromatic carbocycles. The fourth-order valence-electron chi connectivity index (χ4n) is 2.61. The van der Waals surface area contributed by atoms with Gasteiger partial charge in [0, 0.05) is 11.9 Å². The number of hydrogen-bond acceptors (Lipinski definition) is 6. The number of nitrogens with one attached hydrogen (secondary N) is 2. The average molecular weight is 383 g/mol. The van der Waals surface area contributed by atoms with E-state index in [1.165, 1.54) is 7.11 Å². The second-order valence-electron chi connectivity index (χ2n) is 5.97. The molecule has 0 unspecified atom stereocenters. The lowest BCUT2D eigenvalue weighted by Crippen LogP contribution is -2.04. The van der Waals surface area contributed by atoms with E-state index in [0.717, 1.165) is 16.8 Å². The average Bonchev–Trinajstić information content (AvgIpc) is 2.66. The third-order valence-electron chi connectivity index (χ3n) is 4.02. The van der Waals surface area contributed by atoms with Gasteiger partial charge in [-0.15, -0.1) is 0 Å². The third kappa shape index (κ3) is 4.35. The number of para-hydroxylation sites is 1. The summed E-state index contributed by atoms with van der Waals surface area (Å²) >= 11 is 6.22. The third-order valence-corrected chi connectivity index (χ3v) is 4.35. The number of rotatable bonds is 5. The van der Waals surface area contributed by atoms with Crippen LogP contribution in [0.15, 0.2) is 48.7 Å². The predicted octanol–water partition coefficient (Wildman–Crippen LogP) is 5.02. The van der Waals surface area contributed by atoms with Gasteiger partial charge in [-0.2, -0.15) is 4.98 Å². The number of benzene rings is 2. The monoisotopic (exact) mass is 382 g/mol. The first-order chi connectivity index (χ1) is 13.0. The molecule has 7 heteroatoms. The fourth-order valence-corrected chi connectivity index (χ4v) is 2.78. The number of hydrogen-bond donors (Lipinski definition) is 2. The first-order valence-electron chi connectivity index (χ1n) is 8.29. The fraction of sp³-hybridized carbons (Fsp3) is 0.150. The lowest BCUT2D eigenvalue weighted by molar-refractivity contribution is 0.0601. The van der Waals surface area contributed by atoms with Gasteiger partial charge >= 0.3 is 5.97 Å². The number of halogens is 1. The van der Waals surface area contributed by atoms with Gasteiger partial charge in [-0.3, -0.25) is 0 Å². The molecule has 0 amide bonds. The Morgan fingerprint density at radius 3 is 2.52 bits per heavy atom. The Hall–Kier alpha value is -3.12. The summed E-state index contributed by atoms with van der Waals surface area (Å²) in [5.41, 5.74) is 4.15. The van der Waals surface area contributed by atoms with Gasteiger partial charge in [-0.25, -0.2) is 9.78 Å². The van der Waals surface area contributed by atoms with Crippen molar-refractivity contribution in [3.8, 4) is 0 Å². The zero-order valence-electron chi connectivity index (χ0n) is 15.2. The molecule has 0 saturated heterocycles. The highest BCUT2D eigenvalue weighted by molar-refractivity contribution is 6.33. The van der Waals surface area contributed by atoms with Crippen molar-refractivity contribution in [3.63, 3.8) is 0 Å². The lowest BCUT2D eigenvalue weighted by atomic mass is 10.1. The minimum atomic E-state index is -0.443. The van der Waals surface area contributed by atoms with Crippen molar-refractivity contribution in [2.24, 2.45) is 0 Å². The van der Waals surface area contributed by atoms with Crippen molar-refractivity contribution in [1.82, 2.24) is 9.97 Å². The Kier molecular flexibility index (Phi) is 5.57. The van der Waals surface area contributed by atoms with Crippen LogP contribution in [0.2, 0.25) is 5.02 Å². The summed E-state index contributed by atoms with van der Waals surface area (Å²) in [5.74, 6) is 0.557. The molecule has 27 heavy (non-hydrogen) atoms. The number of nitrogens with zero attached hydrogens (tertiary/aromatic N) is 2. The van der Waals surface area contributed by atoms with Gasteiger partial charge in [0.05, 0.1) is 23.4 Å². The van der Waals surface area contributed by atoms with Crippen LogP contribution in [-0.2, 0) is 4.74 Å². The first kappa shape index (κ1) is 18.7. The summed E-state index contributed by atoms with van der Waals surface area (Å²) in [6.07, 6.45) is 1.64. The molecular weight excluding hydrogens is 364 g/mol. The van der Waals surface area contributed by atoms with Crippen LogP contribution in [0.25, 0.3) is 0 Å². The van der Waals surface area contributed by atoms with Gasteiger partial charge in [0.15, 0.2) is 0 Å². The van der Waals surface area contributed by atoms with E-state index in [4.69, 9.17) is 16.3 Å². The molecule has 0 aliphatic carbocycles. The molecular formula is C20H19ClN4O2. The molecule has 0 bridgehead atoms. The Labute approximate surface area is 162 Å². The van der Waals surface area contributed by atoms with Crippen molar-refractivity contribution in [1.29, 1.82) is 0 Å². The normalized spacial score (nSPS) is 10.4. The van der Waals surface area contributed by atoms with Crippen molar-refractivity contribution < 1.29 is 9.53 Å². The van der Waals surface area contributed by atoms with Crippen LogP contribution in [0, 0.1) is 13.8 Å². The Morgan fingerprint density at radius 1 is 1.07 bits per heavy atom. The summed E-state index contributed by atoms with van der Waals surface area (Å²) in [6, 6.07) is 12.7. The van der Waals surface area contributed by atoms with Crippen molar-refractivity contribution in [3.05, 3.63) is 70.4 Å². The number of ether oxygens (including phenoxy) is 1. The summed E-state index contributed by atoms with van der Waals surface area (Å²) in [6.45, 7) is 4.07. The molecule has 0 aliphatic rings. The van der Waals surface area contributed by atoms with Gasteiger partial charge in [-0.05, 0) is 49.2 Å². The zero-order valence-corrected chi connectivity index (χ0v) is 16.0. The van der Waals surface area contributed by atoms with Gasteiger partial charge in [-0.1, -0.05) is 29.8 Å². The van der Waals surface area contributed by atoms with Gasteiger partial charge in [0.25, 0.3) is 0 Å². The molecule has 0 spiro atoms. The highest BCUT2D eigenvalue weighted by Gasteiger charge is 2.11. The summed E-state index contributed by atoms with van der Waals surface area (Å²) < 4.78 is 4.74. The number of aryl methyl sites for hydroxylation is 2. The SMILES string of the molecule is COC(=O)c1ccc(Cl)c(Nc2nccc(Nc3c(C)cccc3C)n2)c1. The van der Waals surface area contributed by atoms with Crippen LogP contribution >= 0.6 is 11.6 Å². The molecule has 3 rings (SSSR count). The number of anilines is 4. The molecule has 0 atom stereocenters. The van der Waals surface area contributed by atoms with Crippen LogP contribution in [0.3, 0.4) is 0 Å². The number of methoxy groups -OCH3 is 1. The lowest BCUT2D eigenvalue weighted by Gasteiger charge is -2.13. The molecule has 2 N–H and O–H groups in total. The molecule has 1 heterocycles. The first-order valence-corrected chi connectivity index (χ1v) is 8.67. The van der Waals surface area contributed by atoms with Crippen LogP contribution in [0.1, 0.15) is 21.5 Å². The van der Waals surface area contributed by atoms with Crippen LogP contribution in [-0.4, -0.2) is 23.0 Å². The van der Waals surface area contributed by atoms with Crippen molar-refractivity contribution in [2.75, 3.05) is 17.7 Å².